The highest BCUT2D eigenvalue weighted by molar-refractivity contribution is 6.33. The Labute approximate surface area is 129 Å². The molecule has 0 aliphatic carbocycles. The van der Waals surface area contributed by atoms with Crippen LogP contribution in [0.5, 0.6) is 0 Å². The molecule has 2 aromatic rings. The van der Waals surface area contributed by atoms with Crippen LogP contribution in [0.3, 0.4) is 0 Å². The van der Waals surface area contributed by atoms with Gasteiger partial charge in [-0.05, 0) is 37.6 Å². The van der Waals surface area contributed by atoms with Gasteiger partial charge in [0.15, 0.2) is 0 Å². The Morgan fingerprint density at radius 3 is 2.70 bits per heavy atom. The fourth-order valence-electron chi connectivity index (χ4n) is 2.00. The largest absolute Gasteiger partial charge is 0.350 e. The fourth-order valence-corrected chi connectivity index (χ4v) is 2.45. The highest BCUT2D eigenvalue weighted by Gasteiger charge is 2.12. The number of aromatic nitrogens is 2. The minimum Gasteiger partial charge on any atom is -0.350 e. The summed E-state index contributed by atoms with van der Waals surface area (Å²) in [4.78, 5) is 11.0. The smallest absolute Gasteiger partial charge is 0.147 e. The molecule has 0 amide bonds. The van der Waals surface area contributed by atoms with Crippen molar-refractivity contribution < 1.29 is 0 Å². The van der Waals surface area contributed by atoms with Crippen molar-refractivity contribution in [3.05, 3.63) is 52.4 Å². The second-order valence-corrected chi connectivity index (χ2v) is 5.24. The predicted octanol–water partition coefficient (Wildman–Crippen LogP) is 4.20. The van der Waals surface area contributed by atoms with E-state index in [1.165, 1.54) is 0 Å². The average molecular weight is 310 g/mol. The first-order valence-corrected chi connectivity index (χ1v) is 7.43. The number of alkyl halides is 1. The van der Waals surface area contributed by atoms with E-state index in [2.05, 4.69) is 21.8 Å². The van der Waals surface area contributed by atoms with Gasteiger partial charge in [-0.15, -0.1) is 11.6 Å². The van der Waals surface area contributed by atoms with Gasteiger partial charge in [-0.1, -0.05) is 17.7 Å². The van der Waals surface area contributed by atoms with Crippen LogP contribution in [0, 0.1) is 6.92 Å². The maximum atomic E-state index is 6.30. The summed E-state index contributed by atoms with van der Waals surface area (Å²) in [5, 5.41) is 0.623. The van der Waals surface area contributed by atoms with Crippen LogP contribution in [-0.2, 0) is 12.4 Å². The van der Waals surface area contributed by atoms with Crippen molar-refractivity contribution in [2.45, 2.75) is 26.3 Å². The average Bonchev–Trinajstić information content (AvgIpc) is 2.45. The Morgan fingerprint density at radius 1 is 1.30 bits per heavy atom. The van der Waals surface area contributed by atoms with Crippen molar-refractivity contribution in [1.82, 2.24) is 9.97 Å². The van der Waals surface area contributed by atoms with Crippen molar-refractivity contribution in [1.29, 1.82) is 0 Å². The van der Waals surface area contributed by atoms with Crippen LogP contribution < -0.4 is 4.90 Å². The minimum atomic E-state index is 0.415. The van der Waals surface area contributed by atoms with Crippen LogP contribution in [0.4, 0.5) is 5.82 Å². The zero-order valence-electron chi connectivity index (χ0n) is 11.6. The highest BCUT2D eigenvalue weighted by Crippen LogP contribution is 2.25. The van der Waals surface area contributed by atoms with E-state index >= 15 is 0 Å². The molecule has 5 heteroatoms. The number of aryl methyl sites for hydroxylation is 1. The minimum absolute atomic E-state index is 0.415. The zero-order valence-corrected chi connectivity index (χ0v) is 13.1. The van der Waals surface area contributed by atoms with Gasteiger partial charge in [0.25, 0.3) is 0 Å². The Morgan fingerprint density at radius 2 is 2.10 bits per heavy atom. The highest BCUT2D eigenvalue weighted by atomic mass is 35.5. The lowest BCUT2D eigenvalue weighted by atomic mass is 10.2. The van der Waals surface area contributed by atoms with Gasteiger partial charge in [-0.3, -0.25) is 4.98 Å². The molecule has 2 heterocycles. The van der Waals surface area contributed by atoms with Crippen molar-refractivity contribution in [2.24, 2.45) is 0 Å². The maximum absolute atomic E-state index is 6.30. The monoisotopic (exact) mass is 309 g/mol. The Hall–Kier alpha value is -1.32. The number of pyridine rings is 2. The van der Waals surface area contributed by atoms with Gasteiger partial charge in [0.1, 0.15) is 5.82 Å². The maximum Gasteiger partial charge on any atom is 0.147 e. The number of hydrogen-bond donors (Lipinski definition) is 0. The summed E-state index contributed by atoms with van der Waals surface area (Å²) in [6.45, 7) is 5.55. The summed E-state index contributed by atoms with van der Waals surface area (Å²) >= 11 is 12.1. The summed E-state index contributed by atoms with van der Waals surface area (Å²) in [5.41, 5.74) is 2.94. The third kappa shape index (κ3) is 3.62. The van der Waals surface area contributed by atoms with Gasteiger partial charge in [-0.25, -0.2) is 4.98 Å². The molecule has 0 fully saturated rings. The molecule has 20 heavy (non-hydrogen) atoms. The quantitative estimate of drug-likeness (QED) is 0.775. The lowest BCUT2D eigenvalue weighted by Gasteiger charge is -2.23. The molecule has 2 rings (SSSR count). The Balaban J connectivity index is 2.24. The summed E-state index contributed by atoms with van der Waals surface area (Å²) in [7, 11) is 0. The van der Waals surface area contributed by atoms with Crippen molar-refractivity contribution in [2.75, 3.05) is 11.4 Å². The van der Waals surface area contributed by atoms with E-state index in [4.69, 9.17) is 23.2 Å². The van der Waals surface area contributed by atoms with Gasteiger partial charge in [0.05, 0.1) is 17.3 Å². The lowest BCUT2D eigenvalue weighted by molar-refractivity contribution is 0.790. The number of halogens is 2. The molecule has 0 unspecified atom stereocenters. The first kappa shape index (κ1) is 15.1. The van der Waals surface area contributed by atoms with E-state index in [0.29, 0.717) is 17.4 Å². The molecule has 0 spiro atoms. The number of anilines is 1. The van der Waals surface area contributed by atoms with Crippen LogP contribution in [0.1, 0.15) is 23.9 Å². The van der Waals surface area contributed by atoms with E-state index in [1.807, 2.05) is 31.2 Å². The first-order chi connectivity index (χ1) is 9.63. The molecular formula is C15H17Cl2N3. The molecule has 3 nitrogen and oxygen atoms in total. The Bertz CT molecular complexity index is 587. The van der Waals surface area contributed by atoms with Gasteiger partial charge in [0, 0.05) is 24.3 Å². The van der Waals surface area contributed by atoms with Gasteiger partial charge in [-0.2, -0.15) is 0 Å². The predicted molar refractivity (Wildman–Crippen MR) is 84.5 cm³/mol. The van der Waals surface area contributed by atoms with Gasteiger partial charge < -0.3 is 4.90 Å². The molecule has 0 atom stereocenters. The van der Waals surface area contributed by atoms with E-state index in [0.717, 1.165) is 29.3 Å². The number of nitrogens with zero attached hydrogens (tertiary/aromatic N) is 3. The molecule has 0 aliphatic rings. The molecule has 0 saturated heterocycles. The van der Waals surface area contributed by atoms with Crippen LogP contribution in [-0.4, -0.2) is 16.5 Å². The van der Waals surface area contributed by atoms with E-state index in [9.17, 15) is 0 Å². The fraction of sp³-hybridized carbons (Fsp3) is 0.333. The number of hydrogen-bond acceptors (Lipinski definition) is 3. The van der Waals surface area contributed by atoms with Crippen LogP contribution in [0.25, 0.3) is 0 Å². The first-order valence-electron chi connectivity index (χ1n) is 6.52. The summed E-state index contributed by atoms with van der Waals surface area (Å²) in [6.07, 6.45) is 1.76. The lowest BCUT2D eigenvalue weighted by Crippen LogP contribution is -2.24. The van der Waals surface area contributed by atoms with E-state index < -0.39 is 0 Å². The number of rotatable bonds is 5. The summed E-state index contributed by atoms with van der Waals surface area (Å²) in [6, 6.07) is 7.87. The molecule has 0 saturated carbocycles. The second kappa shape index (κ2) is 6.91. The molecule has 0 radical (unpaired) electrons. The third-order valence-corrected chi connectivity index (χ3v) is 3.60. The van der Waals surface area contributed by atoms with E-state index in [-0.39, 0.29) is 0 Å². The topological polar surface area (TPSA) is 29.0 Å². The van der Waals surface area contributed by atoms with Crippen molar-refractivity contribution in [3.63, 3.8) is 0 Å². The molecule has 106 valence electrons. The molecular weight excluding hydrogens is 293 g/mol. The van der Waals surface area contributed by atoms with Crippen LogP contribution in [0.2, 0.25) is 5.02 Å². The molecule has 0 N–H and O–H groups in total. The van der Waals surface area contributed by atoms with Crippen LogP contribution >= 0.6 is 23.2 Å². The summed E-state index contributed by atoms with van der Waals surface area (Å²) in [5.74, 6) is 1.18. The molecule has 2 aromatic heterocycles. The SMILES string of the molecule is CCN(Cc1cccc(C)n1)c1ncc(CCl)cc1Cl. The second-order valence-electron chi connectivity index (χ2n) is 4.57. The normalized spacial score (nSPS) is 10.6. The Kier molecular flexibility index (Phi) is 5.21. The van der Waals surface area contributed by atoms with E-state index in [1.54, 1.807) is 6.20 Å². The van der Waals surface area contributed by atoms with Crippen LogP contribution in [0.15, 0.2) is 30.5 Å². The summed E-state index contributed by atoms with van der Waals surface area (Å²) < 4.78 is 0. The molecule has 0 aliphatic heterocycles. The molecule has 0 bridgehead atoms. The third-order valence-electron chi connectivity index (χ3n) is 3.01. The van der Waals surface area contributed by atoms with Crippen molar-refractivity contribution >= 4 is 29.0 Å². The van der Waals surface area contributed by atoms with Gasteiger partial charge in [0.2, 0.25) is 0 Å². The molecule has 0 aromatic carbocycles. The van der Waals surface area contributed by atoms with Gasteiger partial charge >= 0.3 is 0 Å². The standard InChI is InChI=1S/C15H17Cl2N3/c1-3-20(10-13-6-4-5-11(2)19-13)15-14(17)7-12(8-16)9-18-15/h4-7,9H,3,8,10H2,1-2H3. The zero-order chi connectivity index (χ0) is 14.5. The van der Waals surface area contributed by atoms with Crippen molar-refractivity contribution in [3.8, 4) is 0 Å².